The van der Waals surface area contributed by atoms with Gasteiger partial charge in [-0.2, -0.15) is 4.98 Å². The quantitative estimate of drug-likeness (QED) is 0.647. The molecule has 1 aromatic rings. The molecule has 0 saturated carbocycles. The Morgan fingerprint density at radius 2 is 2.05 bits per heavy atom. The molecular formula is C14H16Cl2FN5. The standard InChI is InChI=1S/C14H16Cl2FN5/c1-8(15)18-5-11-12(4-17)20-14(16)21-13(11)22-6-9-2-3-10(7-22)19-9/h4-5,9-10,19H,2-3,6-7H2,1H3/b11-5+,12-4-,18-8?. The molecule has 3 heterocycles. The van der Waals surface area contributed by atoms with E-state index in [0.717, 1.165) is 25.9 Å². The first kappa shape index (κ1) is 15.6. The number of piperazine rings is 1. The summed E-state index contributed by atoms with van der Waals surface area (Å²) in [5.74, 6) is 0.601. The summed E-state index contributed by atoms with van der Waals surface area (Å²) in [6.07, 6.45) is 4.18. The third-order valence-corrected chi connectivity index (χ3v) is 4.19. The lowest BCUT2D eigenvalue weighted by molar-refractivity contribution is 0.462. The Bertz CT molecular complexity index is 705. The van der Waals surface area contributed by atoms with Crippen molar-refractivity contribution in [3.05, 3.63) is 15.9 Å². The maximum absolute atomic E-state index is 13.2. The highest BCUT2D eigenvalue weighted by molar-refractivity contribution is 6.65. The zero-order valence-electron chi connectivity index (χ0n) is 12.1. The molecule has 8 heteroatoms. The molecule has 1 aromatic heterocycles. The monoisotopic (exact) mass is 343 g/mol. The SMILES string of the molecule is CC(Cl)=N/C=c1/c(N2CC3CCC(C2)N3)nc(Cl)n/c1=C\F. The lowest BCUT2D eigenvalue weighted by Crippen LogP contribution is -2.53. The minimum Gasteiger partial charge on any atom is -0.353 e. The molecule has 0 aromatic carbocycles. The van der Waals surface area contributed by atoms with Crippen LogP contribution in [0.5, 0.6) is 0 Å². The summed E-state index contributed by atoms with van der Waals surface area (Å²) in [6.45, 7) is 3.26. The van der Waals surface area contributed by atoms with Gasteiger partial charge in [0.05, 0.1) is 5.22 Å². The van der Waals surface area contributed by atoms with Gasteiger partial charge in [0, 0.05) is 31.4 Å². The fourth-order valence-corrected chi connectivity index (χ4v) is 3.24. The summed E-state index contributed by atoms with van der Waals surface area (Å²) in [7, 11) is 0. The van der Waals surface area contributed by atoms with E-state index in [1.54, 1.807) is 6.92 Å². The second-order valence-corrected chi connectivity index (χ2v) is 6.41. The number of hydrogen-bond donors (Lipinski definition) is 1. The molecule has 0 spiro atoms. The van der Waals surface area contributed by atoms with E-state index in [0.29, 0.717) is 34.6 Å². The summed E-state index contributed by atoms with van der Waals surface area (Å²) in [5, 5.41) is 4.53. The molecule has 2 atom stereocenters. The maximum atomic E-state index is 13.2. The number of nitrogens with zero attached hydrogens (tertiary/aromatic N) is 4. The van der Waals surface area contributed by atoms with Gasteiger partial charge in [0.2, 0.25) is 5.28 Å². The second-order valence-electron chi connectivity index (χ2n) is 5.52. The van der Waals surface area contributed by atoms with Crippen molar-refractivity contribution in [3.8, 4) is 0 Å². The van der Waals surface area contributed by atoms with Gasteiger partial charge in [-0.3, -0.25) is 0 Å². The van der Waals surface area contributed by atoms with E-state index in [4.69, 9.17) is 23.2 Å². The van der Waals surface area contributed by atoms with E-state index in [1.165, 1.54) is 6.20 Å². The molecule has 2 aliphatic heterocycles. The van der Waals surface area contributed by atoms with Crippen molar-refractivity contribution in [2.24, 2.45) is 4.99 Å². The molecular weight excluding hydrogens is 328 g/mol. The highest BCUT2D eigenvalue weighted by atomic mass is 35.5. The third-order valence-electron chi connectivity index (χ3n) is 3.92. The molecule has 0 radical (unpaired) electrons. The van der Waals surface area contributed by atoms with Crippen molar-refractivity contribution in [2.45, 2.75) is 31.8 Å². The van der Waals surface area contributed by atoms with Gasteiger partial charge in [0.25, 0.3) is 0 Å². The first-order valence-corrected chi connectivity index (χ1v) is 7.87. The van der Waals surface area contributed by atoms with Crippen molar-refractivity contribution in [1.29, 1.82) is 0 Å². The van der Waals surface area contributed by atoms with Crippen molar-refractivity contribution in [1.82, 2.24) is 15.3 Å². The van der Waals surface area contributed by atoms with Gasteiger partial charge < -0.3 is 10.2 Å². The van der Waals surface area contributed by atoms with Crippen LogP contribution in [0.4, 0.5) is 10.2 Å². The van der Waals surface area contributed by atoms with Crippen LogP contribution in [0.1, 0.15) is 19.8 Å². The largest absolute Gasteiger partial charge is 0.353 e. The highest BCUT2D eigenvalue weighted by Crippen LogP contribution is 2.22. The summed E-state index contributed by atoms with van der Waals surface area (Å²) in [5.41, 5.74) is 0. The average molecular weight is 344 g/mol. The molecule has 118 valence electrons. The predicted molar refractivity (Wildman–Crippen MR) is 87.5 cm³/mol. The van der Waals surface area contributed by atoms with Crippen LogP contribution >= 0.6 is 23.2 Å². The molecule has 2 aliphatic rings. The van der Waals surface area contributed by atoms with Gasteiger partial charge in [-0.25, -0.2) is 14.4 Å². The number of anilines is 1. The molecule has 0 amide bonds. The van der Waals surface area contributed by atoms with Crippen LogP contribution in [0.25, 0.3) is 12.5 Å². The summed E-state index contributed by atoms with van der Waals surface area (Å²) in [4.78, 5) is 14.4. The van der Waals surface area contributed by atoms with Crippen LogP contribution in [-0.4, -0.2) is 40.3 Å². The summed E-state index contributed by atoms with van der Waals surface area (Å²) < 4.78 is 13.2. The van der Waals surface area contributed by atoms with Gasteiger partial charge in [0.1, 0.15) is 22.7 Å². The van der Waals surface area contributed by atoms with E-state index in [2.05, 4.69) is 25.2 Å². The topological polar surface area (TPSA) is 53.4 Å². The van der Waals surface area contributed by atoms with E-state index in [1.807, 2.05) is 0 Å². The molecule has 1 N–H and O–H groups in total. The van der Waals surface area contributed by atoms with Crippen molar-refractivity contribution >= 4 is 46.7 Å². The molecule has 5 nitrogen and oxygen atoms in total. The molecule has 2 unspecified atom stereocenters. The minimum absolute atomic E-state index is 0.0218. The highest BCUT2D eigenvalue weighted by Gasteiger charge is 2.33. The fraction of sp³-hybridized carbons (Fsp3) is 0.500. The smallest absolute Gasteiger partial charge is 0.224 e. The molecule has 2 fully saturated rings. The number of hydrogen-bond acceptors (Lipinski definition) is 5. The molecule has 22 heavy (non-hydrogen) atoms. The van der Waals surface area contributed by atoms with Crippen molar-refractivity contribution in [3.63, 3.8) is 0 Å². The number of aromatic nitrogens is 2. The van der Waals surface area contributed by atoms with Gasteiger partial charge >= 0.3 is 0 Å². The number of fused-ring (bicyclic) bond motifs is 2. The predicted octanol–water partition coefficient (Wildman–Crippen LogP) is 1.17. The fourth-order valence-electron chi connectivity index (χ4n) is 3.02. The molecule has 2 saturated heterocycles. The Labute approximate surface area is 137 Å². The average Bonchev–Trinajstić information content (AvgIpc) is 2.83. The van der Waals surface area contributed by atoms with Gasteiger partial charge in [-0.15, -0.1) is 0 Å². The van der Waals surface area contributed by atoms with Crippen LogP contribution < -0.4 is 20.8 Å². The lowest BCUT2D eigenvalue weighted by Gasteiger charge is -2.33. The first-order chi connectivity index (χ1) is 10.6. The van der Waals surface area contributed by atoms with Crippen LogP contribution in [0, 0.1) is 0 Å². The van der Waals surface area contributed by atoms with Crippen molar-refractivity contribution in [2.75, 3.05) is 18.0 Å². The number of aliphatic imine (C=N–C) groups is 1. The van der Waals surface area contributed by atoms with Crippen LogP contribution in [0.2, 0.25) is 5.28 Å². The number of halogens is 3. The van der Waals surface area contributed by atoms with Gasteiger partial charge in [0.15, 0.2) is 0 Å². The van der Waals surface area contributed by atoms with Crippen LogP contribution in [0.15, 0.2) is 4.99 Å². The number of nitrogens with one attached hydrogen (secondary N) is 1. The second kappa shape index (κ2) is 6.48. The summed E-state index contributed by atoms with van der Waals surface area (Å²) in [6, 6.07) is 0.854. The zero-order chi connectivity index (χ0) is 15.7. The molecule has 2 bridgehead atoms. The third kappa shape index (κ3) is 3.24. The zero-order valence-corrected chi connectivity index (χ0v) is 13.6. The van der Waals surface area contributed by atoms with Gasteiger partial charge in [-0.05, 0) is 31.4 Å². The van der Waals surface area contributed by atoms with E-state index >= 15 is 0 Å². The van der Waals surface area contributed by atoms with Crippen molar-refractivity contribution < 1.29 is 4.39 Å². The Balaban J connectivity index is 2.12. The van der Waals surface area contributed by atoms with E-state index < -0.39 is 0 Å². The van der Waals surface area contributed by atoms with E-state index in [-0.39, 0.29) is 10.6 Å². The van der Waals surface area contributed by atoms with E-state index in [9.17, 15) is 4.39 Å². The van der Waals surface area contributed by atoms with Crippen LogP contribution in [-0.2, 0) is 0 Å². The van der Waals surface area contributed by atoms with Gasteiger partial charge in [-0.1, -0.05) is 11.6 Å². The molecule has 0 aliphatic carbocycles. The Hall–Kier alpha value is -1.24. The van der Waals surface area contributed by atoms with Crippen LogP contribution in [0.3, 0.4) is 0 Å². The Kier molecular flexibility index (Phi) is 4.61. The number of rotatable bonds is 2. The molecule has 3 rings (SSSR count). The Morgan fingerprint density at radius 1 is 1.36 bits per heavy atom. The summed E-state index contributed by atoms with van der Waals surface area (Å²) >= 11 is 11.7. The normalized spacial score (nSPS) is 26.9. The lowest BCUT2D eigenvalue weighted by atomic mass is 10.2. The first-order valence-electron chi connectivity index (χ1n) is 7.12. The maximum Gasteiger partial charge on any atom is 0.224 e. The Morgan fingerprint density at radius 3 is 2.64 bits per heavy atom. The minimum atomic E-state index is 0.0218.